The van der Waals surface area contributed by atoms with Crippen LogP contribution in [0.4, 0.5) is 11.6 Å². The van der Waals surface area contributed by atoms with Crippen LogP contribution in [0.3, 0.4) is 0 Å². The predicted molar refractivity (Wildman–Crippen MR) is 114 cm³/mol. The van der Waals surface area contributed by atoms with Gasteiger partial charge in [-0.05, 0) is 55.5 Å². The average molecular weight is 374 g/mol. The first-order valence-corrected chi connectivity index (χ1v) is 9.68. The van der Waals surface area contributed by atoms with Gasteiger partial charge >= 0.3 is 0 Å². The highest BCUT2D eigenvalue weighted by atomic mass is 16.1. The normalized spacial score (nSPS) is 10.5. The van der Waals surface area contributed by atoms with Crippen molar-refractivity contribution in [2.45, 2.75) is 33.1 Å². The molecule has 2 N–H and O–H groups in total. The Kier molecular flexibility index (Phi) is 6.73. The number of hydrogen-bond donors (Lipinski definition) is 2. The fourth-order valence-corrected chi connectivity index (χ4v) is 2.92. The van der Waals surface area contributed by atoms with Crippen LogP contribution in [0.1, 0.15) is 40.7 Å². The third kappa shape index (κ3) is 5.64. The van der Waals surface area contributed by atoms with Gasteiger partial charge in [-0.2, -0.15) is 0 Å². The van der Waals surface area contributed by atoms with E-state index in [1.165, 1.54) is 11.1 Å². The van der Waals surface area contributed by atoms with Crippen molar-refractivity contribution in [3.05, 3.63) is 83.2 Å². The molecule has 2 aromatic carbocycles. The Morgan fingerprint density at radius 3 is 2.43 bits per heavy atom. The Labute approximate surface area is 166 Å². The van der Waals surface area contributed by atoms with E-state index in [0.29, 0.717) is 11.6 Å². The number of hydrogen-bond acceptors (Lipinski definition) is 4. The summed E-state index contributed by atoms with van der Waals surface area (Å²) in [5.41, 5.74) is 4.42. The van der Waals surface area contributed by atoms with Gasteiger partial charge in [0.1, 0.15) is 5.69 Å². The lowest BCUT2D eigenvalue weighted by molar-refractivity contribution is 0.102. The molecule has 0 radical (unpaired) electrons. The van der Waals surface area contributed by atoms with Crippen molar-refractivity contribution in [3.63, 3.8) is 0 Å². The van der Waals surface area contributed by atoms with Gasteiger partial charge < -0.3 is 10.6 Å². The van der Waals surface area contributed by atoms with E-state index in [2.05, 4.69) is 39.7 Å². The monoisotopic (exact) mass is 374 g/mol. The maximum absolute atomic E-state index is 12.6. The van der Waals surface area contributed by atoms with Crippen LogP contribution in [0.25, 0.3) is 0 Å². The molecule has 0 unspecified atom stereocenters. The highest BCUT2D eigenvalue weighted by Crippen LogP contribution is 2.13. The van der Waals surface area contributed by atoms with Crippen molar-refractivity contribution < 1.29 is 4.79 Å². The zero-order valence-corrected chi connectivity index (χ0v) is 16.4. The molecule has 0 atom stereocenters. The summed E-state index contributed by atoms with van der Waals surface area (Å²) in [6.45, 7) is 4.72. The third-order valence-corrected chi connectivity index (χ3v) is 4.48. The van der Waals surface area contributed by atoms with Gasteiger partial charge in [0.15, 0.2) is 0 Å². The molecule has 0 aliphatic heterocycles. The maximum atomic E-state index is 12.6. The van der Waals surface area contributed by atoms with E-state index in [1.54, 1.807) is 6.07 Å². The van der Waals surface area contributed by atoms with Crippen molar-refractivity contribution >= 4 is 17.5 Å². The summed E-state index contributed by atoms with van der Waals surface area (Å²) in [5, 5.41) is 6.12. The van der Waals surface area contributed by atoms with E-state index >= 15 is 0 Å². The van der Waals surface area contributed by atoms with E-state index < -0.39 is 0 Å². The summed E-state index contributed by atoms with van der Waals surface area (Å²) in [6.07, 6.45) is 2.92. The number of benzene rings is 2. The minimum absolute atomic E-state index is 0.234. The van der Waals surface area contributed by atoms with Gasteiger partial charge in [0.05, 0.1) is 0 Å². The summed E-state index contributed by atoms with van der Waals surface area (Å²) in [7, 11) is 0. The number of amides is 1. The summed E-state index contributed by atoms with van der Waals surface area (Å²) in [6, 6.07) is 19.9. The summed E-state index contributed by atoms with van der Waals surface area (Å²) >= 11 is 0. The Bertz CT molecular complexity index is 908. The van der Waals surface area contributed by atoms with Crippen molar-refractivity contribution in [2.75, 3.05) is 17.2 Å². The van der Waals surface area contributed by atoms with Gasteiger partial charge in [-0.3, -0.25) is 4.79 Å². The summed E-state index contributed by atoms with van der Waals surface area (Å²) in [5.74, 6) is 0.252. The Morgan fingerprint density at radius 1 is 0.964 bits per heavy atom. The van der Waals surface area contributed by atoms with E-state index in [1.807, 2.05) is 49.4 Å². The third-order valence-electron chi connectivity index (χ3n) is 4.48. The van der Waals surface area contributed by atoms with Crippen molar-refractivity contribution in [1.82, 2.24) is 9.97 Å². The first-order valence-electron chi connectivity index (χ1n) is 9.68. The molecule has 5 heteroatoms. The van der Waals surface area contributed by atoms with Crippen LogP contribution < -0.4 is 10.6 Å². The number of nitrogens with zero attached hydrogens (tertiary/aromatic N) is 2. The number of carbonyl (C=O) groups is 1. The van der Waals surface area contributed by atoms with Crippen LogP contribution in [-0.4, -0.2) is 22.4 Å². The highest BCUT2D eigenvalue weighted by molar-refractivity contribution is 6.03. The minimum atomic E-state index is -0.234. The van der Waals surface area contributed by atoms with Crippen molar-refractivity contribution in [2.24, 2.45) is 0 Å². The molecule has 0 saturated heterocycles. The number of aryl methyl sites for hydroxylation is 3. The second-order valence-electron chi connectivity index (χ2n) is 6.74. The molecular weight excluding hydrogens is 348 g/mol. The highest BCUT2D eigenvalue weighted by Gasteiger charge is 2.11. The first-order chi connectivity index (χ1) is 13.6. The number of rotatable bonds is 8. The fourth-order valence-electron chi connectivity index (χ4n) is 2.92. The first kappa shape index (κ1) is 19.5. The topological polar surface area (TPSA) is 66.9 Å². The molecule has 0 spiro atoms. The largest absolute Gasteiger partial charge is 0.354 e. The standard InChI is InChI=1S/C23H26N4O/c1-3-18-11-13-20(14-12-18)26-22(28)21-16-17(2)25-23(27-21)24-15-7-10-19-8-5-4-6-9-19/h4-6,8-9,11-14,16H,3,7,10,15H2,1-2H3,(H,26,28)(H,24,25,27). The lowest BCUT2D eigenvalue weighted by Crippen LogP contribution is -2.16. The van der Waals surface area contributed by atoms with Gasteiger partial charge in [-0.25, -0.2) is 9.97 Å². The van der Waals surface area contributed by atoms with Gasteiger partial charge in [-0.1, -0.05) is 49.4 Å². The van der Waals surface area contributed by atoms with Gasteiger partial charge in [-0.15, -0.1) is 0 Å². The maximum Gasteiger partial charge on any atom is 0.274 e. The quantitative estimate of drug-likeness (QED) is 0.564. The van der Waals surface area contributed by atoms with E-state index in [0.717, 1.165) is 37.2 Å². The van der Waals surface area contributed by atoms with Gasteiger partial charge in [0.2, 0.25) is 5.95 Å². The number of nitrogens with one attached hydrogen (secondary N) is 2. The number of aromatic nitrogens is 2. The van der Waals surface area contributed by atoms with Gasteiger partial charge in [0.25, 0.3) is 5.91 Å². The zero-order valence-electron chi connectivity index (χ0n) is 16.4. The molecule has 3 rings (SSSR count). The fraction of sp³-hybridized carbons (Fsp3) is 0.261. The van der Waals surface area contributed by atoms with Crippen LogP contribution in [-0.2, 0) is 12.8 Å². The number of carbonyl (C=O) groups excluding carboxylic acids is 1. The molecule has 28 heavy (non-hydrogen) atoms. The lowest BCUT2D eigenvalue weighted by Gasteiger charge is -2.09. The molecule has 0 aliphatic rings. The minimum Gasteiger partial charge on any atom is -0.354 e. The molecule has 0 aliphatic carbocycles. The SMILES string of the molecule is CCc1ccc(NC(=O)c2cc(C)nc(NCCCc3ccccc3)n2)cc1. The smallest absolute Gasteiger partial charge is 0.274 e. The Morgan fingerprint density at radius 2 is 1.71 bits per heavy atom. The molecule has 3 aromatic rings. The second kappa shape index (κ2) is 9.65. The molecule has 0 fully saturated rings. The van der Waals surface area contributed by atoms with Crippen LogP contribution in [0.2, 0.25) is 0 Å². The van der Waals surface area contributed by atoms with Crippen LogP contribution in [0, 0.1) is 6.92 Å². The summed E-state index contributed by atoms with van der Waals surface area (Å²) in [4.78, 5) is 21.3. The van der Waals surface area contributed by atoms with E-state index in [9.17, 15) is 4.79 Å². The molecule has 144 valence electrons. The lowest BCUT2D eigenvalue weighted by atomic mass is 10.1. The Hall–Kier alpha value is -3.21. The average Bonchev–Trinajstić information content (AvgIpc) is 2.72. The number of anilines is 2. The van der Waals surface area contributed by atoms with Crippen LogP contribution in [0.15, 0.2) is 60.7 Å². The molecule has 0 saturated carbocycles. The molecule has 1 heterocycles. The zero-order chi connectivity index (χ0) is 19.8. The molecule has 5 nitrogen and oxygen atoms in total. The van der Waals surface area contributed by atoms with Crippen molar-refractivity contribution in [1.29, 1.82) is 0 Å². The van der Waals surface area contributed by atoms with Crippen LogP contribution in [0.5, 0.6) is 0 Å². The van der Waals surface area contributed by atoms with Gasteiger partial charge in [0, 0.05) is 17.9 Å². The predicted octanol–water partition coefficient (Wildman–Crippen LogP) is 4.64. The summed E-state index contributed by atoms with van der Waals surface area (Å²) < 4.78 is 0. The molecule has 1 amide bonds. The van der Waals surface area contributed by atoms with Crippen LogP contribution >= 0.6 is 0 Å². The van der Waals surface area contributed by atoms with E-state index in [-0.39, 0.29) is 5.91 Å². The molecule has 1 aromatic heterocycles. The molecular formula is C23H26N4O. The Balaban J connectivity index is 1.57. The second-order valence-corrected chi connectivity index (χ2v) is 6.74. The van der Waals surface area contributed by atoms with Crippen molar-refractivity contribution in [3.8, 4) is 0 Å². The molecule has 0 bridgehead atoms. The van der Waals surface area contributed by atoms with E-state index in [4.69, 9.17) is 0 Å².